The Morgan fingerprint density at radius 3 is 2.52 bits per heavy atom. The number of rotatable bonds is 5. The number of benzene rings is 2. The molecule has 0 spiro atoms. The largest absolute Gasteiger partial charge is 0.306 e. The molecule has 0 radical (unpaired) electrons. The predicted molar refractivity (Wildman–Crippen MR) is 85.4 cm³/mol. The lowest BCUT2D eigenvalue weighted by Crippen LogP contribution is -2.24. The van der Waals surface area contributed by atoms with Gasteiger partial charge in [0.15, 0.2) is 0 Å². The van der Waals surface area contributed by atoms with Crippen molar-refractivity contribution in [3.63, 3.8) is 0 Å². The van der Waals surface area contributed by atoms with E-state index in [0.29, 0.717) is 11.1 Å². The van der Waals surface area contributed by atoms with Crippen molar-refractivity contribution in [1.82, 2.24) is 5.32 Å². The fourth-order valence-corrected chi connectivity index (χ4v) is 2.60. The van der Waals surface area contributed by atoms with Crippen LogP contribution in [0, 0.1) is 18.6 Å². The summed E-state index contributed by atoms with van der Waals surface area (Å²) in [6, 6.07) is 9.49. The van der Waals surface area contributed by atoms with Crippen LogP contribution in [0.5, 0.6) is 0 Å². The molecule has 2 rings (SSSR count). The van der Waals surface area contributed by atoms with Crippen LogP contribution in [0.2, 0.25) is 0 Å². The predicted octanol–water partition coefficient (Wildman–Crippen LogP) is 5.12. The van der Waals surface area contributed by atoms with E-state index in [2.05, 4.69) is 21.2 Å². The molecule has 0 heterocycles. The van der Waals surface area contributed by atoms with E-state index >= 15 is 0 Å². The van der Waals surface area contributed by atoms with Crippen LogP contribution in [0.4, 0.5) is 8.78 Å². The highest BCUT2D eigenvalue weighted by Crippen LogP contribution is 2.28. The molecule has 1 nitrogen and oxygen atoms in total. The van der Waals surface area contributed by atoms with Crippen LogP contribution in [0.15, 0.2) is 40.9 Å². The summed E-state index contributed by atoms with van der Waals surface area (Å²) in [7, 11) is 0. The monoisotopic (exact) mass is 353 g/mol. The quantitative estimate of drug-likeness (QED) is 0.785. The summed E-state index contributed by atoms with van der Waals surface area (Å²) >= 11 is 3.36. The van der Waals surface area contributed by atoms with Gasteiger partial charge in [-0.1, -0.05) is 35.0 Å². The van der Waals surface area contributed by atoms with E-state index in [-0.39, 0.29) is 17.7 Å². The van der Waals surface area contributed by atoms with E-state index in [1.165, 1.54) is 12.1 Å². The summed E-state index contributed by atoms with van der Waals surface area (Å²) in [4.78, 5) is 0. The Balaban J connectivity index is 2.46. The lowest BCUT2D eigenvalue weighted by molar-refractivity contribution is 0.541. The molecule has 112 valence electrons. The highest BCUT2D eigenvalue weighted by Gasteiger charge is 2.18. The first-order chi connectivity index (χ1) is 10.0. The van der Waals surface area contributed by atoms with Gasteiger partial charge in [-0.2, -0.15) is 0 Å². The van der Waals surface area contributed by atoms with Gasteiger partial charge >= 0.3 is 0 Å². The SMILES string of the molecule is CCCNC(c1ccc(C)c(F)c1)c1cc(Br)ccc1F. The van der Waals surface area contributed by atoms with Crippen molar-refractivity contribution < 1.29 is 8.78 Å². The number of halogens is 3. The molecule has 0 amide bonds. The van der Waals surface area contributed by atoms with Gasteiger partial charge in [-0.05, 0) is 55.3 Å². The number of hydrogen-bond donors (Lipinski definition) is 1. The first-order valence-electron chi connectivity index (χ1n) is 6.97. The smallest absolute Gasteiger partial charge is 0.128 e. The fraction of sp³-hybridized carbons (Fsp3) is 0.294. The van der Waals surface area contributed by atoms with Crippen LogP contribution in [-0.4, -0.2) is 6.54 Å². The van der Waals surface area contributed by atoms with Crippen molar-refractivity contribution >= 4 is 15.9 Å². The van der Waals surface area contributed by atoms with Crippen molar-refractivity contribution in [2.75, 3.05) is 6.54 Å². The Labute approximate surface area is 132 Å². The van der Waals surface area contributed by atoms with E-state index in [4.69, 9.17) is 0 Å². The first-order valence-corrected chi connectivity index (χ1v) is 7.76. The third-order valence-electron chi connectivity index (χ3n) is 3.40. The molecule has 0 aromatic heterocycles. The second-order valence-corrected chi connectivity index (χ2v) is 5.98. The summed E-state index contributed by atoms with van der Waals surface area (Å²) < 4.78 is 28.8. The summed E-state index contributed by atoms with van der Waals surface area (Å²) in [5, 5.41) is 3.29. The molecule has 4 heteroatoms. The zero-order chi connectivity index (χ0) is 15.4. The van der Waals surface area contributed by atoms with Crippen LogP contribution in [0.1, 0.15) is 36.1 Å². The van der Waals surface area contributed by atoms with Gasteiger partial charge in [-0.3, -0.25) is 0 Å². The molecule has 1 atom stereocenters. The Kier molecular flexibility index (Phi) is 5.48. The van der Waals surface area contributed by atoms with Gasteiger partial charge in [-0.15, -0.1) is 0 Å². The van der Waals surface area contributed by atoms with E-state index in [1.807, 2.05) is 13.0 Å². The number of aryl methyl sites for hydroxylation is 1. The Hall–Kier alpha value is -1.26. The molecule has 0 aliphatic rings. The van der Waals surface area contributed by atoms with Crippen molar-refractivity contribution in [2.45, 2.75) is 26.3 Å². The standard InChI is InChI=1S/C17H18BrF2N/c1-3-8-21-17(12-5-4-11(2)16(20)9-12)14-10-13(18)6-7-15(14)19/h4-7,9-10,17,21H,3,8H2,1-2H3. The first kappa shape index (κ1) is 16.1. The topological polar surface area (TPSA) is 12.0 Å². The third kappa shape index (κ3) is 3.89. The minimum atomic E-state index is -0.363. The Morgan fingerprint density at radius 1 is 1.10 bits per heavy atom. The molecule has 21 heavy (non-hydrogen) atoms. The van der Waals surface area contributed by atoms with Crippen LogP contribution < -0.4 is 5.32 Å². The Bertz CT molecular complexity index is 628. The van der Waals surface area contributed by atoms with Gasteiger partial charge in [0.25, 0.3) is 0 Å². The van der Waals surface area contributed by atoms with E-state index in [0.717, 1.165) is 23.0 Å². The van der Waals surface area contributed by atoms with Crippen molar-refractivity contribution in [2.24, 2.45) is 0 Å². The maximum absolute atomic E-state index is 14.2. The summed E-state index contributed by atoms with van der Waals surface area (Å²) in [5.41, 5.74) is 1.83. The van der Waals surface area contributed by atoms with Crippen LogP contribution in [0.3, 0.4) is 0 Å². The second-order valence-electron chi connectivity index (χ2n) is 5.06. The normalized spacial score (nSPS) is 12.4. The highest BCUT2D eigenvalue weighted by atomic mass is 79.9. The summed E-state index contributed by atoms with van der Waals surface area (Å²) in [6.07, 6.45) is 0.917. The average Bonchev–Trinajstić information content (AvgIpc) is 2.46. The summed E-state index contributed by atoms with van der Waals surface area (Å²) in [5.74, 6) is -0.570. The molecule has 0 fully saturated rings. The third-order valence-corrected chi connectivity index (χ3v) is 3.89. The molecule has 1 N–H and O–H groups in total. The molecular weight excluding hydrogens is 336 g/mol. The molecule has 2 aromatic carbocycles. The van der Waals surface area contributed by atoms with Crippen LogP contribution in [-0.2, 0) is 0 Å². The van der Waals surface area contributed by atoms with E-state index in [1.54, 1.807) is 25.1 Å². The van der Waals surface area contributed by atoms with Gasteiger partial charge < -0.3 is 5.32 Å². The number of nitrogens with one attached hydrogen (secondary N) is 1. The molecule has 0 saturated carbocycles. The molecule has 0 aliphatic carbocycles. The minimum absolute atomic E-state index is 0.272. The maximum atomic E-state index is 14.2. The molecule has 2 aromatic rings. The average molecular weight is 354 g/mol. The molecule has 1 unspecified atom stereocenters. The molecular formula is C17H18BrF2N. The van der Waals surface area contributed by atoms with Gasteiger partial charge in [0.05, 0.1) is 6.04 Å². The fourth-order valence-electron chi connectivity index (χ4n) is 2.22. The van der Waals surface area contributed by atoms with Gasteiger partial charge in [0, 0.05) is 10.0 Å². The van der Waals surface area contributed by atoms with Crippen molar-refractivity contribution in [3.05, 3.63) is 69.2 Å². The second kappa shape index (κ2) is 7.14. The number of hydrogen-bond acceptors (Lipinski definition) is 1. The van der Waals surface area contributed by atoms with E-state index < -0.39 is 0 Å². The summed E-state index contributed by atoms with van der Waals surface area (Å²) in [6.45, 7) is 4.48. The highest BCUT2D eigenvalue weighted by molar-refractivity contribution is 9.10. The van der Waals surface area contributed by atoms with Gasteiger partial charge in [-0.25, -0.2) is 8.78 Å². The minimum Gasteiger partial charge on any atom is -0.306 e. The van der Waals surface area contributed by atoms with Gasteiger partial charge in [0.2, 0.25) is 0 Å². The zero-order valence-corrected chi connectivity index (χ0v) is 13.7. The lowest BCUT2D eigenvalue weighted by Gasteiger charge is -2.21. The molecule has 0 aliphatic heterocycles. The van der Waals surface area contributed by atoms with Crippen molar-refractivity contribution in [1.29, 1.82) is 0 Å². The van der Waals surface area contributed by atoms with E-state index in [9.17, 15) is 8.78 Å². The maximum Gasteiger partial charge on any atom is 0.128 e. The van der Waals surface area contributed by atoms with Crippen molar-refractivity contribution in [3.8, 4) is 0 Å². The molecule has 0 bridgehead atoms. The van der Waals surface area contributed by atoms with Crippen LogP contribution >= 0.6 is 15.9 Å². The zero-order valence-electron chi connectivity index (χ0n) is 12.1. The van der Waals surface area contributed by atoms with Crippen LogP contribution in [0.25, 0.3) is 0 Å². The van der Waals surface area contributed by atoms with Gasteiger partial charge in [0.1, 0.15) is 11.6 Å². The Morgan fingerprint density at radius 2 is 1.86 bits per heavy atom. The molecule has 0 saturated heterocycles. The lowest BCUT2D eigenvalue weighted by atomic mass is 9.97.